The summed E-state index contributed by atoms with van der Waals surface area (Å²) in [5.41, 5.74) is -0.392. The molecule has 1 amide bonds. The molecule has 1 aromatic carbocycles. The van der Waals surface area contributed by atoms with Crippen LogP contribution in [0.15, 0.2) is 21.5 Å². The maximum Gasteiger partial charge on any atom is 0.254 e. The summed E-state index contributed by atoms with van der Waals surface area (Å²) in [6.07, 6.45) is 0.583. The van der Waals surface area contributed by atoms with E-state index in [0.717, 1.165) is 12.1 Å². The summed E-state index contributed by atoms with van der Waals surface area (Å²) in [6.45, 7) is 2.10. The average molecular weight is 383 g/mol. The number of carbonyl (C=O) groups is 1. The fourth-order valence-electron chi connectivity index (χ4n) is 1.65. The molecule has 1 rings (SSSR count). The molecule has 0 aliphatic carbocycles. The maximum absolute atomic E-state index is 13.9. The van der Waals surface area contributed by atoms with E-state index < -0.39 is 27.3 Å². The normalized spacial score (nSPS) is 13.0. The molecule has 1 atom stereocenters. The minimum absolute atomic E-state index is 0.0389. The Bertz CT molecular complexity index is 636. The third-order valence-corrected chi connectivity index (χ3v) is 4.64. The second-order valence-electron chi connectivity index (χ2n) is 4.34. The van der Waals surface area contributed by atoms with Crippen LogP contribution >= 0.6 is 15.9 Å². The fraction of sp³-hybridized carbons (Fsp3) is 0.417. The second kappa shape index (κ2) is 7.30. The van der Waals surface area contributed by atoms with Gasteiger partial charge in [-0.1, -0.05) is 6.92 Å². The topological polar surface area (TPSA) is 98.5 Å². The van der Waals surface area contributed by atoms with E-state index in [1.165, 1.54) is 7.11 Å². The van der Waals surface area contributed by atoms with Gasteiger partial charge in [0.2, 0.25) is 10.0 Å². The van der Waals surface area contributed by atoms with Gasteiger partial charge in [0.1, 0.15) is 5.82 Å². The number of carbonyl (C=O) groups excluding carboxylic acids is 1. The zero-order chi connectivity index (χ0) is 16.2. The highest BCUT2D eigenvalue weighted by molar-refractivity contribution is 9.10. The van der Waals surface area contributed by atoms with Crippen molar-refractivity contribution in [2.75, 3.05) is 13.7 Å². The zero-order valence-corrected chi connectivity index (χ0v) is 13.9. The summed E-state index contributed by atoms with van der Waals surface area (Å²) in [5, 5.41) is 7.59. The summed E-state index contributed by atoms with van der Waals surface area (Å²) >= 11 is 2.90. The number of rotatable bonds is 6. The van der Waals surface area contributed by atoms with E-state index in [0.29, 0.717) is 6.42 Å². The van der Waals surface area contributed by atoms with Crippen LogP contribution in [0.25, 0.3) is 0 Å². The van der Waals surface area contributed by atoms with Gasteiger partial charge in [-0.05, 0) is 34.5 Å². The Morgan fingerprint density at radius 2 is 2.14 bits per heavy atom. The molecular weight excluding hydrogens is 367 g/mol. The van der Waals surface area contributed by atoms with Gasteiger partial charge >= 0.3 is 0 Å². The van der Waals surface area contributed by atoms with Gasteiger partial charge in [0, 0.05) is 11.6 Å². The molecule has 21 heavy (non-hydrogen) atoms. The summed E-state index contributed by atoms with van der Waals surface area (Å²) in [6, 6.07) is 1.50. The lowest BCUT2D eigenvalue weighted by Crippen LogP contribution is -2.38. The molecule has 3 N–H and O–H groups in total. The molecule has 0 radical (unpaired) electrons. The average Bonchev–Trinajstić information content (AvgIpc) is 2.36. The number of amides is 1. The fourth-order valence-corrected chi connectivity index (χ4v) is 3.25. The highest BCUT2D eigenvalue weighted by atomic mass is 79.9. The number of primary sulfonamides is 1. The van der Waals surface area contributed by atoms with Crippen LogP contribution in [0.4, 0.5) is 4.39 Å². The van der Waals surface area contributed by atoms with Crippen molar-refractivity contribution in [2.24, 2.45) is 5.14 Å². The number of sulfonamides is 1. The smallest absolute Gasteiger partial charge is 0.254 e. The van der Waals surface area contributed by atoms with E-state index >= 15 is 0 Å². The van der Waals surface area contributed by atoms with Crippen LogP contribution in [0.1, 0.15) is 23.7 Å². The highest BCUT2D eigenvalue weighted by Crippen LogP contribution is 2.24. The SMILES string of the molecule is CCC(COC)NC(=O)c1cc(S(N)(=O)=O)c(Br)cc1F. The van der Waals surface area contributed by atoms with Gasteiger partial charge in [-0.2, -0.15) is 0 Å². The monoisotopic (exact) mass is 382 g/mol. The third kappa shape index (κ3) is 4.73. The number of methoxy groups -OCH3 is 1. The predicted octanol–water partition coefficient (Wildman–Crippen LogP) is 1.39. The molecule has 118 valence electrons. The van der Waals surface area contributed by atoms with Gasteiger partial charge in [-0.25, -0.2) is 17.9 Å². The molecule has 0 bridgehead atoms. The minimum Gasteiger partial charge on any atom is -0.383 e. The highest BCUT2D eigenvalue weighted by Gasteiger charge is 2.21. The van der Waals surface area contributed by atoms with E-state index in [1.54, 1.807) is 0 Å². The minimum atomic E-state index is -4.07. The van der Waals surface area contributed by atoms with E-state index in [1.807, 2.05) is 6.92 Å². The predicted molar refractivity (Wildman–Crippen MR) is 78.9 cm³/mol. The summed E-state index contributed by atoms with van der Waals surface area (Å²) in [7, 11) is -2.59. The third-order valence-electron chi connectivity index (χ3n) is 2.77. The molecule has 0 saturated heterocycles. The number of ether oxygens (including phenoxy) is 1. The summed E-state index contributed by atoms with van der Waals surface area (Å²) < 4.78 is 41.5. The summed E-state index contributed by atoms with van der Waals surface area (Å²) in [4.78, 5) is 11.7. The molecule has 0 spiro atoms. The van der Waals surface area contributed by atoms with Crippen LogP contribution in [0.2, 0.25) is 0 Å². The van der Waals surface area contributed by atoms with Crippen LogP contribution < -0.4 is 10.5 Å². The Labute approximate surface area is 131 Å². The number of nitrogens with two attached hydrogens (primary N) is 1. The van der Waals surface area contributed by atoms with E-state index in [2.05, 4.69) is 21.2 Å². The number of benzene rings is 1. The van der Waals surface area contributed by atoms with Gasteiger partial charge in [0.15, 0.2) is 0 Å². The van der Waals surface area contributed by atoms with Crippen molar-refractivity contribution in [2.45, 2.75) is 24.3 Å². The van der Waals surface area contributed by atoms with Crippen molar-refractivity contribution < 1.29 is 22.3 Å². The summed E-state index contributed by atoms with van der Waals surface area (Å²) in [5.74, 6) is -1.58. The van der Waals surface area contributed by atoms with Crippen molar-refractivity contribution in [3.63, 3.8) is 0 Å². The Morgan fingerprint density at radius 1 is 1.52 bits per heavy atom. The van der Waals surface area contributed by atoms with Crippen molar-refractivity contribution in [1.29, 1.82) is 0 Å². The molecule has 6 nitrogen and oxygen atoms in total. The first kappa shape index (κ1) is 18.0. The lowest BCUT2D eigenvalue weighted by molar-refractivity contribution is 0.0890. The van der Waals surface area contributed by atoms with Crippen molar-refractivity contribution in [3.8, 4) is 0 Å². The quantitative estimate of drug-likeness (QED) is 0.776. The van der Waals surface area contributed by atoms with E-state index in [4.69, 9.17) is 9.88 Å². The molecule has 1 aromatic rings. The van der Waals surface area contributed by atoms with Gasteiger partial charge in [-0.15, -0.1) is 0 Å². The molecule has 0 heterocycles. The molecule has 0 fully saturated rings. The van der Waals surface area contributed by atoms with Crippen LogP contribution in [0.3, 0.4) is 0 Å². The van der Waals surface area contributed by atoms with Crippen molar-refractivity contribution >= 4 is 31.9 Å². The lowest BCUT2D eigenvalue weighted by Gasteiger charge is -2.16. The van der Waals surface area contributed by atoms with Gasteiger partial charge in [0.25, 0.3) is 5.91 Å². The Balaban J connectivity index is 3.15. The van der Waals surface area contributed by atoms with E-state index in [-0.39, 0.29) is 22.0 Å². The molecule has 0 aromatic heterocycles. The number of hydrogen-bond donors (Lipinski definition) is 2. The first-order valence-electron chi connectivity index (χ1n) is 6.02. The van der Waals surface area contributed by atoms with Gasteiger partial charge < -0.3 is 10.1 Å². The maximum atomic E-state index is 13.9. The Hall–Kier alpha value is -1.03. The van der Waals surface area contributed by atoms with Crippen LogP contribution in [0, 0.1) is 5.82 Å². The van der Waals surface area contributed by atoms with E-state index in [9.17, 15) is 17.6 Å². The first-order valence-corrected chi connectivity index (χ1v) is 8.36. The standard InChI is InChI=1S/C12H16BrFN2O4S/c1-3-7(6-20-2)16-12(17)8-4-11(21(15,18)19)9(13)5-10(8)14/h4-5,7H,3,6H2,1-2H3,(H,16,17)(H2,15,18,19). The Morgan fingerprint density at radius 3 is 2.62 bits per heavy atom. The molecule has 0 aliphatic heterocycles. The zero-order valence-electron chi connectivity index (χ0n) is 11.5. The molecule has 0 saturated carbocycles. The number of hydrogen-bond acceptors (Lipinski definition) is 4. The van der Waals surface area contributed by atoms with Crippen LogP contribution in [-0.4, -0.2) is 34.1 Å². The van der Waals surface area contributed by atoms with Gasteiger partial charge in [0.05, 0.1) is 23.1 Å². The molecule has 0 aliphatic rings. The Kier molecular flexibility index (Phi) is 6.26. The van der Waals surface area contributed by atoms with Gasteiger partial charge in [-0.3, -0.25) is 4.79 Å². The number of nitrogens with one attached hydrogen (secondary N) is 1. The largest absolute Gasteiger partial charge is 0.383 e. The molecule has 1 unspecified atom stereocenters. The van der Waals surface area contributed by atoms with Crippen LogP contribution in [-0.2, 0) is 14.8 Å². The van der Waals surface area contributed by atoms with Crippen molar-refractivity contribution in [1.82, 2.24) is 5.32 Å². The number of halogens is 2. The van der Waals surface area contributed by atoms with Crippen LogP contribution in [0.5, 0.6) is 0 Å². The molecular formula is C12H16BrFN2O4S. The second-order valence-corrected chi connectivity index (χ2v) is 6.73. The lowest BCUT2D eigenvalue weighted by atomic mass is 10.1. The molecule has 9 heteroatoms. The first-order chi connectivity index (χ1) is 9.70. The van der Waals surface area contributed by atoms with Crippen molar-refractivity contribution in [3.05, 3.63) is 28.0 Å².